The van der Waals surface area contributed by atoms with E-state index in [2.05, 4.69) is 21.3 Å². The number of hydrogen-bond donors (Lipinski definition) is 5. The molecule has 186 valence electrons. The number of amides is 4. The summed E-state index contributed by atoms with van der Waals surface area (Å²) in [5.74, 6) is -0.666. The van der Waals surface area contributed by atoms with Crippen molar-refractivity contribution in [3.05, 3.63) is 0 Å². The van der Waals surface area contributed by atoms with E-state index in [9.17, 15) is 19.2 Å². The first-order valence-corrected chi connectivity index (χ1v) is 11.1. The number of urea groups is 1. The Morgan fingerprint density at radius 1 is 1.00 bits per heavy atom. The van der Waals surface area contributed by atoms with Gasteiger partial charge < -0.3 is 31.7 Å². The zero-order valence-electron chi connectivity index (χ0n) is 20.7. The lowest BCUT2D eigenvalue weighted by atomic mass is 9.99. The quantitative estimate of drug-likeness (QED) is 0.231. The van der Waals surface area contributed by atoms with Crippen LogP contribution in [0.25, 0.3) is 0 Å². The minimum atomic E-state index is -0.638. The van der Waals surface area contributed by atoms with Crippen molar-refractivity contribution in [3.63, 3.8) is 0 Å². The molecule has 0 saturated heterocycles. The molecular formula is C22H43N5O5. The van der Waals surface area contributed by atoms with Crippen molar-refractivity contribution < 1.29 is 23.9 Å². The molecule has 10 heteroatoms. The van der Waals surface area contributed by atoms with Crippen molar-refractivity contribution in [2.75, 3.05) is 20.2 Å². The number of ketones is 1. The Hall–Kier alpha value is -2.20. The third-order valence-electron chi connectivity index (χ3n) is 4.84. The number of nitrogens with one attached hydrogen (secondary N) is 4. The number of Topliss-reactive ketones (excluding diaryl/α,β-unsaturated/α-hetero) is 1. The van der Waals surface area contributed by atoms with Gasteiger partial charge in [-0.05, 0) is 74.3 Å². The molecule has 0 aliphatic heterocycles. The second-order valence-corrected chi connectivity index (χ2v) is 9.63. The Kier molecular flexibility index (Phi) is 13.1. The molecule has 0 aromatic carbocycles. The van der Waals surface area contributed by atoms with Gasteiger partial charge in [0, 0.05) is 25.1 Å². The highest BCUT2D eigenvalue weighted by Gasteiger charge is 2.26. The van der Waals surface area contributed by atoms with E-state index in [1.165, 1.54) is 6.92 Å². The molecule has 10 nitrogen and oxygen atoms in total. The topological polar surface area (TPSA) is 152 Å². The lowest BCUT2D eigenvalue weighted by molar-refractivity contribution is -0.128. The molecule has 0 bridgehead atoms. The van der Waals surface area contributed by atoms with Crippen LogP contribution in [0, 0.1) is 0 Å². The number of hydrogen-bond acceptors (Lipinski definition) is 6. The van der Waals surface area contributed by atoms with Gasteiger partial charge in [-0.25, -0.2) is 4.79 Å². The summed E-state index contributed by atoms with van der Waals surface area (Å²) < 4.78 is 5.74. The molecule has 0 aromatic rings. The molecule has 0 rings (SSSR count). The Labute approximate surface area is 192 Å². The van der Waals surface area contributed by atoms with Gasteiger partial charge in [0.1, 0.15) is 0 Å². The molecule has 6 N–H and O–H groups in total. The summed E-state index contributed by atoms with van der Waals surface area (Å²) in [6.45, 7) is 12.1. The van der Waals surface area contributed by atoms with Crippen molar-refractivity contribution >= 4 is 23.6 Å². The second kappa shape index (κ2) is 14.1. The van der Waals surface area contributed by atoms with E-state index in [0.29, 0.717) is 32.4 Å². The van der Waals surface area contributed by atoms with Gasteiger partial charge in [-0.1, -0.05) is 0 Å². The normalized spacial score (nSPS) is 13.7. The number of rotatable bonds is 15. The fraction of sp³-hybridized carbons (Fsp3) is 0.818. The maximum Gasteiger partial charge on any atom is 0.312 e. The van der Waals surface area contributed by atoms with Gasteiger partial charge in [0.25, 0.3) is 0 Å². The highest BCUT2D eigenvalue weighted by atomic mass is 16.5. The number of ether oxygens (including phenoxy) is 1. The van der Waals surface area contributed by atoms with Crippen LogP contribution in [-0.4, -0.2) is 67.1 Å². The first kappa shape index (κ1) is 29.8. The highest BCUT2D eigenvalue weighted by molar-refractivity contribution is 5.88. The Balaban J connectivity index is 4.57. The van der Waals surface area contributed by atoms with E-state index in [1.54, 1.807) is 7.05 Å². The van der Waals surface area contributed by atoms with Gasteiger partial charge in [-0.3, -0.25) is 14.4 Å². The third kappa shape index (κ3) is 14.7. The van der Waals surface area contributed by atoms with Crippen molar-refractivity contribution in [1.82, 2.24) is 21.3 Å². The molecule has 0 fully saturated rings. The summed E-state index contributed by atoms with van der Waals surface area (Å²) in [6, 6.07) is -1.81. The van der Waals surface area contributed by atoms with Crippen LogP contribution in [0.2, 0.25) is 0 Å². The summed E-state index contributed by atoms with van der Waals surface area (Å²) in [6.07, 6.45) is 1.93. The molecular weight excluding hydrogens is 414 g/mol. The van der Waals surface area contributed by atoms with E-state index in [-0.39, 0.29) is 36.0 Å². The van der Waals surface area contributed by atoms with Crippen LogP contribution in [0.15, 0.2) is 0 Å². The molecule has 0 aromatic heterocycles. The smallest absolute Gasteiger partial charge is 0.312 e. The summed E-state index contributed by atoms with van der Waals surface area (Å²) in [4.78, 5) is 47.5. The Morgan fingerprint density at radius 2 is 1.62 bits per heavy atom. The van der Waals surface area contributed by atoms with Crippen molar-refractivity contribution in [3.8, 4) is 0 Å². The van der Waals surface area contributed by atoms with Crippen molar-refractivity contribution in [2.45, 2.75) is 96.9 Å². The van der Waals surface area contributed by atoms with E-state index in [4.69, 9.17) is 10.5 Å². The van der Waals surface area contributed by atoms with Crippen LogP contribution in [0.3, 0.4) is 0 Å². The lowest BCUT2D eigenvalue weighted by Gasteiger charge is -2.30. The first-order valence-electron chi connectivity index (χ1n) is 11.1. The van der Waals surface area contributed by atoms with Crippen LogP contribution in [0.5, 0.6) is 0 Å². The van der Waals surface area contributed by atoms with Crippen LogP contribution >= 0.6 is 0 Å². The number of nitrogens with two attached hydrogens (primary N) is 1. The van der Waals surface area contributed by atoms with E-state index < -0.39 is 23.7 Å². The van der Waals surface area contributed by atoms with E-state index in [1.807, 2.05) is 34.6 Å². The zero-order chi connectivity index (χ0) is 24.9. The van der Waals surface area contributed by atoms with Crippen LogP contribution in [0.4, 0.5) is 4.79 Å². The van der Waals surface area contributed by atoms with Crippen LogP contribution in [-0.2, 0) is 19.1 Å². The molecule has 32 heavy (non-hydrogen) atoms. The molecule has 2 unspecified atom stereocenters. The van der Waals surface area contributed by atoms with Gasteiger partial charge in [0.05, 0.1) is 17.7 Å². The van der Waals surface area contributed by atoms with Crippen molar-refractivity contribution in [1.29, 1.82) is 0 Å². The summed E-state index contributed by atoms with van der Waals surface area (Å²) in [5.41, 5.74) is 4.30. The minimum absolute atomic E-state index is 0.0931. The zero-order valence-corrected chi connectivity index (χ0v) is 20.7. The molecule has 0 saturated carbocycles. The van der Waals surface area contributed by atoms with Crippen LogP contribution < -0.4 is 27.0 Å². The van der Waals surface area contributed by atoms with Gasteiger partial charge in [0.15, 0.2) is 5.78 Å². The molecule has 0 radical (unpaired) electrons. The number of carbonyl (C=O) groups is 4. The molecule has 0 aliphatic carbocycles. The van der Waals surface area contributed by atoms with E-state index in [0.717, 1.165) is 0 Å². The largest absolute Gasteiger partial charge is 0.376 e. The number of carbonyl (C=O) groups excluding carboxylic acids is 4. The average Bonchev–Trinajstić information content (AvgIpc) is 2.62. The van der Waals surface area contributed by atoms with Crippen LogP contribution in [0.1, 0.15) is 73.6 Å². The first-order chi connectivity index (χ1) is 14.7. The van der Waals surface area contributed by atoms with E-state index >= 15 is 0 Å². The maximum absolute atomic E-state index is 12.7. The molecule has 0 heterocycles. The third-order valence-corrected chi connectivity index (χ3v) is 4.84. The molecule has 0 aliphatic rings. The number of primary amides is 1. The standard InChI is InChI=1S/C22H43N5O5/c1-15(28)16(9-8-13-25-20(23)31)26-18(29)11-10-17(24-7)19(30)27-22(5,6)12-14-32-21(2,3)4/h16-17,24H,8-14H2,1-7H3,(H,26,29)(H,27,30)(H3,23,25,31). The minimum Gasteiger partial charge on any atom is -0.376 e. The fourth-order valence-corrected chi connectivity index (χ4v) is 2.94. The molecule has 4 amide bonds. The monoisotopic (exact) mass is 457 g/mol. The Morgan fingerprint density at radius 3 is 2.12 bits per heavy atom. The fourth-order valence-electron chi connectivity index (χ4n) is 2.94. The SMILES string of the molecule is CNC(CCC(=O)NC(CCCNC(N)=O)C(C)=O)C(=O)NC(C)(C)CCOC(C)(C)C. The Bertz CT molecular complexity index is 631. The predicted octanol–water partition coefficient (Wildman–Crippen LogP) is 0.977. The van der Waals surface area contributed by atoms with Crippen molar-refractivity contribution in [2.24, 2.45) is 5.73 Å². The second-order valence-electron chi connectivity index (χ2n) is 9.63. The summed E-state index contributed by atoms with van der Waals surface area (Å²) >= 11 is 0. The molecule has 2 atom stereocenters. The molecule has 0 spiro atoms. The summed E-state index contributed by atoms with van der Waals surface area (Å²) in [5, 5.41) is 11.1. The predicted molar refractivity (Wildman–Crippen MR) is 124 cm³/mol. The average molecular weight is 458 g/mol. The summed E-state index contributed by atoms with van der Waals surface area (Å²) in [7, 11) is 1.67. The lowest BCUT2D eigenvalue weighted by Crippen LogP contribution is -2.52. The van der Waals surface area contributed by atoms with Gasteiger partial charge >= 0.3 is 6.03 Å². The maximum atomic E-state index is 12.7. The van der Waals surface area contributed by atoms with Gasteiger partial charge in [0.2, 0.25) is 11.8 Å². The highest BCUT2D eigenvalue weighted by Crippen LogP contribution is 2.14. The van der Waals surface area contributed by atoms with Gasteiger partial charge in [-0.2, -0.15) is 0 Å². The van der Waals surface area contributed by atoms with Gasteiger partial charge in [-0.15, -0.1) is 0 Å². The number of likely N-dealkylation sites (N-methyl/N-ethyl adjacent to an activating group) is 1.